The third-order valence-corrected chi connectivity index (χ3v) is 2.65. The number of urea groups is 1. The summed E-state index contributed by atoms with van der Waals surface area (Å²) in [5, 5.41) is 16.2. The maximum Gasteiger partial charge on any atom is 0.323 e. The van der Waals surface area contributed by atoms with E-state index in [0.29, 0.717) is 5.69 Å². The molecule has 0 bridgehead atoms. The monoisotopic (exact) mass is 288 g/mol. The average Bonchev–Trinajstić information content (AvgIpc) is 2.49. The highest BCUT2D eigenvalue weighted by Gasteiger charge is 2.09. The quantitative estimate of drug-likeness (QED) is 0.302. The number of nitrogens with one attached hydrogen (secondary N) is 2. The summed E-state index contributed by atoms with van der Waals surface area (Å²) in [5.74, 6) is -0.906. The van der Waals surface area contributed by atoms with Crippen LogP contribution in [0.25, 0.3) is 0 Å². The van der Waals surface area contributed by atoms with Crippen LogP contribution in [-0.4, -0.2) is 17.1 Å². The van der Waals surface area contributed by atoms with E-state index in [9.17, 15) is 9.18 Å². The van der Waals surface area contributed by atoms with E-state index in [-0.39, 0.29) is 17.1 Å². The summed E-state index contributed by atoms with van der Waals surface area (Å²) in [6.07, 6.45) is 0. The van der Waals surface area contributed by atoms with Crippen molar-refractivity contribution in [1.82, 2.24) is 0 Å². The summed E-state index contributed by atoms with van der Waals surface area (Å²) in [4.78, 5) is 11.7. The summed E-state index contributed by atoms with van der Waals surface area (Å²) in [6, 6.07) is 12.0. The molecule has 21 heavy (non-hydrogen) atoms. The molecule has 0 fully saturated rings. The molecule has 2 amide bonds. The molecular formula is C14H13FN4O2. The molecule has 0 atom stereocenters. The van der Waals surface area contributed by atoms with Crippen LogP contribution in [0.2, 0.25) is 0 Å². The SMILES string of the molecule is N/C(=N/O)c1ccc(NC(=O)Nc2ccccc2)c(F)c1. The number of amides is 2. The molecule has 108 valence electrons. The van der Waals surface area contributed by atoms with Crippen molar-refractivity contribution in [2.75, 3.05) is 10.6 Å². The number of nitrogens with two attached hydrogens (primary N) is 1. The van der Waals surface area contributed by atoms with Crippen molar-refractivity contribution in [2.45, 2.75) is 0 Å². The summed E-state index contributed by atoms with van der Waals surface area (Å²) < 4.78 is 13.8. The first kappa shape index (κ1) is 14.3. The minimum atomic E-state index is -0.692. The lowest BCUT2D eigenvalue weighted by Crippen LogP contribution is -2.20. The molecule has 0 aliphatic rings. The van der Waals surface area contributed by atoms with Crippen LogP contribution < -0.4 is 16.4 Å². The maximum absolute atomic E-state index is 13.8. The first-order valence-corrected chi connectivity index (χ1v) is 6.00. The van der Waals surface area contributed by atoms with E-state index in [1.807, 2.05) is 6.07 Å². The molecule has 0 unspecified atom stereocenters. The number of oxime groups is 1. The molecule has 0 heterocycles. The molecule has 5 N–H and O–H groups in total. The highest BCUT2D eigenvalue weighted by atomic mass is 19.1. The van der Waals surface area contributed by atoms with Crippen LogP contribution in [0.15, 0.2) is 53.7 Å². The van der Waals surface area contributed by atoms with Crippen LogP contribution in [0.5, 0.6) is 0 Å². The molecule has 6 nitrogen and oxygen atoms in total. The van der Waals surface area contributed by atoms with Gasteiger partial charge in [0.1, 0.15) is 5.82 Å². The fraction of sp³-hybridized carbons (Fsp3) is 0. The van der Waals surface area contributed by atoms with Crippen molar-refractivity contribution < 1.29 is 14.4 Å². The number of hydrogen-bond donors (Lipinski definition) is 4. The van der Waals surface area contributed by atoms with E-state index in [0.717, 1.165) is 6.07 Å². The van der Waals surface area contributed by atoms with Crippen LogP contribution in [0, 0.1) is 5.82 Å². The minimum Gasteiger partial charge on any atom is -0.409 e. The van der Waals surface area contributed by atoms with Gasteiger partial charge in [0, 0.05) is 11.3 Å². The van der Waals surface area contributed by atoms with Gasteiger partial charge in [-0.25, -0.2) is 9.18 Å². The molecule has 0 spiro atoms. The molecular weight excluding hydrogens is 275 g/mol. The van der Waals surface area contributed by atoms with Gasteiger partial charge in [0.05, 0.1) is 5.69 Å². The fourth-order valence-corrected chi connectivity index (χ4v) is 1.64. The minimum absolute atomic E-state index is 0.0158. The third kappa shape index (κ3) is 3.69. The van der Waals surface area contributed by atoms with Gasteiger partial charge in [-0.1, -0.05) is 23.4 Å². The van der Waals surface area contributed by atoms with Crippen LogP contribution in [0.4, 0.5) is 20.6 Å². The Hall–Kier alpha value is -3.09. The predicted octanol–water partition coefficient (Wildman–Crippen LogP) is 2.56. The Morgan fingerprint density at radius 1 is 1.14 bits per heavy atom. The van der Waals surface area contributed by atoms with Gasteiger partial charge >= 0.3 is 6.03 Å². The molecule has 2 aromatic rings. The second-order valence-corrected chi connectivity index (χ2v) is 4.13. The number of nitrogens with zero attached hydrogens (tertiary/aromatic N) is 1. The molecule has 0 saturated carbocycles. The zero-order valence-corrected chi connectivity index (χ0v) is 10.9. The lowest BCUT2D eigenvalue weighted by atomic mass is 10.2. The number of carbonyl (C=O) groups excluding carboxylic acids is 1. The smallest absolute Gasteiger partial charge is 0.323 e. The highest BCUT2D eigenvalue weighted by Crippen LogP contribution is 2.16. The normalized spacial score (nSPS) is 11.0. The average molecular weight is 288 g/mol. The Labute approximate surface area is 120 Å². The molecule has 0 saturated heterocycles. The molecule has 7 heteroatoms. The predicted molar refractivity (Wildman–Crippen MR) is 78.0 cm³/mol. The van der Waals surface area contributed by atoms with Crippen LogP contribution in [-0.2, 0) is 0 Å². The van der Waals surface area contributed by atoms with Crippen LogP contribution >= 0.6 is 0 Å². The Bertz CT molecular complexity index is 674. The first-order valence-electron chi connectivity index (χ1n) is 6.00. The van der Waals surface area contributed by atoms with Gasteiger partial charge in [-0.3, -0.25) is 0 Å². The number of anilines is 2. The Morgan fingerprint density at radius 3 is 2.48 bits per heavy atom. The zero-order valence-electron chi connectivity index (χ0n) is 10.9. The van der Waals surface area contributed by atoms with Gasteiger partial charge in [0.15, 0.2) is 5.84 Å². The number of para-hydroxylation sites is 1. The van der Waals surface area contributed by atoms with Crippen LogP contribution in [0.3, 0.4) is 0 Å². The molecule has 0 aliphatic carbocycles. The Kier molecular flexibility index (Phi) is 4.35. The number of rotatable bonds is 3. The largest absolute Gasteiger partial charge is 0.409 e. The van der Waals surface area contributed by atoms with Crippen molar-refractivity contribution in [3.8, 4) is 0 Å². The van der Waals surface area contributed by atoms with Crippen molar-refractivity contribution >= 4 is 23.2 Å². The topological polar surface area (TPSA) is 99.7 Å². The van der Waals surface area contributed by atoms with Crippen molar-refractivity contribution in [3.63, 3.8) is 0 Å². The molecule has 2 aromatic carbocycles. The second kappa shape index (κ2) is 6.38. The Morgan fingerprint density at radius 2 is 1.86 bits per heavy atom. The van der Waals surface area contributed by atoms with E-state index in [1.165, 1.54) is 12.1 Å². The summed E-state index contributed by atoms with van der Waals surface area (Å²) in [7, 11) is 0. The Balaban J connectivity index is 2.08. The highest BCUT2D eigenvalue weighted by molar-refractivity contribution is 6.01. The second-order valence-electron chi connectivity index (χ2n) is 4.13. The number of carbonyl (C=O) groups is 1. The number of benzene rings is 2. The lowest BCUT2D eigenvalue weighted by Gasteiger charge is -2.09. The summed E-state index contributed by atoms with van der Waals surface area (Å²) in [5.41, 5.74) is 6.13. The van der Waals surface area contributed by atoms with Gasteiger partial charge in [-0.15, -0.1) is 0 Å². The van der Waals surface area contributed by atoms with E-state index in [2.05, 4.69) is 15.8 Å². The third-order valence-electron chi connectivity index (χ3n) is 2.65. The van der Waals surface area contributed by atoms with Gasteiger partial charge in [-0.05, 0) is 30.3 Å². The lowest BCUT2D eigenvalue weighted by molar-refractivity contribution is 0.262. The fourth-order valence-electron chi connectivity index (χ4n) is 1.64. The van der Waals surface area contributed by atoms with Crippen molar-refractivity contribution in [3.05, 3.63) is 59.9 Å². The molecule has 0 radical (unpaired) electrons. The van der Waals surface area contributed by atoms with E-state index >= 15 is 0 Å². The van der Waals surface area contributed by atoms with Crippen molar-refractivity contribution in [2.24, 2.45) is 10.9 Å². The first-order chi connectivity index (χ1) is 10.1. The molecule has 0 aliphatic heterocycles. The van der Waals surface area contributed by atoms with E-state index in [4.69, 9.17) is 10.9 Å². The van der Waals surface area contributed by atoms with Gasteiger partial charge in [-0.2, -0.15) is 0 Å². The standard InChI is InChI=1S/C14H13FN4O2/c15-11-8-9(13(16)19-21)6-7-12(11)18-14(20)17-10-4-2-1-3-5-10/h1-8,21H,(H2,16,19)(H2,17,18,20). The molecule has 0 aromatic heterocycles. The number of amidine groups is 1. The summed E-state index contributed by atoms with van der Waals surface area (Å²) in [6.45, 7) is 0. The molecule has 2 rings (SSSR count). The van der Waals surface area contributed by atoms with Gasteiger partial charge < -0.3 is 21.6 Å². The van der Waals surface area contributed by atoms with E-state index in [1.54, 1.807) is 24.3 Å². The van der Waals surface area contributed by atoms with E-state index < -0.39 is 11.8 Å². The number of halogens is 1. The van der Waals surface area contributed by atoms with Crippen LogP contribution in [0.1, 0.15) is 5.56 Å². The maximum atomic E-state index is 13.8. The van der Waals surface area contributed by atoms with Crippen molar-refractivity contribution in [1.29, 1.82) is 0 Å². The van der Waals surface area contributed by atoms with Gasteiger partial charge in [0.25, 0.3) is 0 Å². The number of hydrogen-bond acceptors (Lipinski definition) is 3. The zero-order chi connectivity index (χ0) is 15.2. The summed E-state index contributed by atoms with van der Waals surface area (Å²) >= 11 is 0. The van der Waals surface area contributed by atoms with Gasteiger partial charge in [0.2, 0.25) is 0 Å².